The maximum absolute atomic E-state index is 12.3. The van der Waals surface area contributed by atoms with Gasteiger partial charge in [0.05, 0.1) is 12.7 Å². The van der Waals surface area contributed by atoms with Gasteiger partial charge in [0.25, 0.3) is 0 Å². The molecular formula is C23H26N2O3. The molecule has 1 heterocycles. The molecule has 2 aromatic carbocycles. The lowest BCUT2D eigenvalue weighted by Crippen LogP contribution is -2.28. The number of nitrogens with one attached hydrogen (secondary N) is 2. The van der Waals surface area contributed by atoms with Crippen LogP contribution in [0.25, 0.3) is 11.0 Å². The van der Waals surface area contributed by atoms with Crippen LogP contribution >= 0.6 is 0 Å². The van der Waals surface area contributed by atoms with Crippen molar-refractivity contribution in [2.75, 3.05) is 11.9 Å². The molecule has 0 unspecified atom stereocenters. The molecule has 0 bridgehead atoms. The van der Waals surface area contributed by atoms with E-state index in [1.54, 1.807) is 6.26 Å². The van der Waals surface area contributed by atoms with E-state index in [9.17, 15) is 9.59 Å². The van der Waals surface area contributed by atoms with Crippen LogP contribution in [-0.2, 0) is 16.0 Å². The molecule has 146 valence electrons. The third kappa shape index (κ3) is 4.42. The van der Waals surface area contributed by atoms with E-state index in [0.717, 1.165) is 44.5 Å². The lowest BCUT2D eigenvalue weighted by Gasteiger charge is -2.09. The van der Waals surface area contributed by atoms with Gasteiger partial charge in [0, 0.05) is 29.6 Å². The number of hydrogen-bond acceptors (Lipinski definition) is 3. The number of fused-ring (bicyclic) bond motifs is 1. The molecule has 0 aliphatic heterocycles. The van der Waals surface area contributed by atoms with Gasteiger partial charge in [0.2, 0.25) is 11.8 Å². The van der Waals surface area contributed by atoms with E-state index in [1.807, 2.05) is 58.0 Å². The van der Waals surface area contributed by atoms with E-state index in [4.69, 9.17) is 4.42 Å². The lowest BCUT2D eigenvalue weighted by atomic mass is 10.0. The summed E-state index contributed by atoms with van der Waals surface area (Å²) >= 11 is 0. The quantitative estimate of drug-likeness (QED) is 0.670. The first-order valence-corrected chi connectivity index (χ1v) is 9.45. The maximum atomic E-state index is 12.3. The molecule has 0 fully saturated rings. The fourth-order valence-electron chi connectivity index (χ4n) is 3.24. The predicted molar refractivity (Wildman–Crippen MR) is 112 cm³/mol. The van der Waals surface area contributed by atoms with E-state index in [0.29, 0.717) is 6.54 Å². The van der Waals surface area contributed by atoms with Gasteiger partial charge in [-0.05, 0) is 50.5 Å². The number of amides is 2. The standard InChI is InChI=1S/C23H26N2O3/c1-14-5-8-20(16(3)11-14)25-21(26)9-10-24-22(27)12-18-13-28-23-17(4)15(2)6-7-19(18)23/h5-8,11,13H,9-10,12H2,1-4H3,(H,24,27)(H,25,26). The number of carbonyl (C=O) groups is 2. The smallest absolute Gasteiger partial charge is 0.226 e. The van der Waals surface area contributed by atoms with Crippen molar-refractivity contribution in [3.8, 4) is 0 Å². The van der Waals surface area contributed by atoms with Crippen LogP contribution in [0.3, 0.4) is 0 Å². The predicted octanol–water partition coefficient (Wildman–Crippen LogP) is 4.35. The van der Waals surface area contributed by atoms with Gasteiger partial charge in [-0.15, -0.1) is 0 Å². The summed E-state index contributed by atoms with van der Waals surface area (Å²) in [6, 6.07) is 9.90. The largest absolute Gasteiger partial charge is 0.464 e. The summed E-state index contributed by atoms with van der Waals surface area (Å²) in [6.07, 6.45) is 2.10. The molecule has 1 aromatic heterocycles. The molecular weight excluding hydrogens is 352 g/mol. The number of hydrogen-bond donors (Lipinski definition) is 2. The average Bonchev–Trinajstić information content (AvgIpc) is 3.04. The zero-order valence-corrected chi connectivity index (χ0v) is 16.8. The van der Waals surface area contributed by atoms with Crippen molar-refractivity contribution in [3.05, 3.63) is 64.4 Å². The molecule has 5 heteroatoms. The highest BCUT2D eigenvalue weighted by molar-refractivity contribution is 5.92. The molecule has 0 saturated heterocycles. The Morgan fingerprint density at radius 2 is 1.75 bits per heavy atom. The number of aryl methyl sites for hydroxylation is 4. The number of carbonyl (C=O) groups excluding carboxylic acids is 2. The first-order valence-electron chi connectivity index (χ1n) is 9.45. The molecule has 0 atom stereocenters. The van der Waals surface area contributed by atoms with Crippen LogP contribution in [0.5, 0.6) is 0 Å². The van der Waals surface area contributed by atoms with Crippen LogP contribution in [-0.4, -0.2) is 18.4 Å². The molecule has 3 rings (SSSR count). The highest BCUT2D eigenvalue weighted by Gasteiger charge is 2.13. The van der Waals surface area contributed by atoms with Gasteiger partial charge in [-0.2, -0.15) is 0 Å². The molecule has 0 radical (unpaired) electrons. The summed E-state index contributed by atoms with van der Waals surface area (Å²) in [6.45, 7) is 8.32. The fourth-order valence-corrected chi connectivity index (χ4v) is 3.24. The zero-order chi connectivity index (χ0) is 20.3. The number of furan rings is 1. The summed E-state index contributed by atoms with van der Waals surface area (Å²) in [7, 11) is 0. The van der Waals surface area contributed by atoms with Crippen LogP contribution in [0, 0.1) is 27.7 Å². The Morgan fingerprint density at radius 1 is 0.964 bits per heavy atom. The summed E-state index contributed by atoms with van der Waals surface area (Å²) in [5.74, 6) is -0.243. The summed E-state index contributed by atoms with van der Waals surface area (Å²) < 4.78 is 5.65. The van der Waals surface area contributed by atoms with E-state index >= 15 is 0 Å². The van der Waals surface area contributed by atoms with Gasteiger partial charge < -0.3 is 15.1 Å². The Hall–Kier alpha value is -3.08. The molecule has 0 spiro atoms. The van der Waals surface area contributed by atoms with Crippen molar-refractivity contribution in [2.45, 2.75) is 40.5 Å². The SMILES string of the molecule is Cc1ccc(NC(=O)CCNC(=O)Cc2coc3c(C)c(C)ccc23)c(C)c1. The van der Waals surface area contributed by atoms with E-state index in [1.165, 1.54) is 0 Å². The highest BCUT2D eigenvalue weighted by Crippen LogP contribution is 2.26. The van der Waals surface area contributed by atoms with Crippen molar-refractivity contribution in [2.24, 2.45) is 0 Å². The first-order chi connectivity index (χ1) is 13.3. The summed E-state index contributed by atoms with van der Waals surface area (Å²) in [5, 5.41) is 6.66. The maximum Gasteiger partial charge on any atom is 0.226 e. The van der Waals surface area contributed by atoms with Crippen LogP contribution in [0.4, 0.5) is 5.69 Å². The first kappa shape index (κ1) is 19.7. The monoisotopic (exact) mass is 378 g/mol. The molecule has 5 nitrogen and oxygen atoms in total. The van der Waals surface area contributed by atoms with Crippen molar-refractivity contribution >= 4 is 28.5 Å². The third-order valence-electron chi connectivity index (χ3n) is 5.02. The Morgan fingerprint density at radius 3 is 2.50 bits per heavy atom. The van der Waals surface area contributed by atoms with Crippen molar-refractivity contribution in [1.29, 1.82) is 0 Å². The Labute approximate surface area is 165 Å². The van der Waals surface area contributed by atoms with Gasteiger partial charge in [0.1, 0.15) is 5.58 Å². The minimum absolute atomic E-state index is 0.118. The fraction of sp³-hybridized carbons (Fsp3) is 0.304. The van der Waals surface area contributed by atoms with Gasteiger partial charge >= 0.3 is 0 Å². The normalized spacial score (nSPS) is 10.9. The zero-order valence-electron chi connectivity index (χ0n) is 16.8. The Bertz CT molecular complexity index is 1030. The van der Waals surface area contributed by atoms with Crippen LogP contribution in [0.1, 0.15) is 34.2 Å². The molecule has 0 aliphatic carbocycles. The van der Waals surface area contributed by atoms with Gasteiger partial charge in [0.15, 0.2) is 0 Å². The lowest BCUT2D eigenvalue weighted by molar-refractivity contribution is -0.120. The second kappa shape index (κ2) is 8.30. The van der Waals surface area contributed by atoms with Crippen molar-refractivity contribution in [1.82, 2.24) is 5.32 Å². The third-order valence-corrected chi connectivity index (χ3v) is 5.02. The number of anilines is 1. The molecule has 28 heavy (non-hydrogen) atoms. The van der Waals surface area contributed by atoms with Gasteiger partial charge in [-0.1, -0.05) is 29.8 Å². The van der Waals surface area contributed by atoms with Crippen molar-refractivity contribution < 1.29 is 14.0 Å². The van der Waals surface area contributed by atoms with Crippen LogP contribution in [0.15, 0.2) is 41.0 Å². The van der Waals surface area contributed by atoms with Crippen LogP contribution in [0.2, 0.25) is 0 Å². The average molecular weight is 378 g/mol. The summed E-state index contributed by atoms with van der Waals surface area (Å²) in [4.78, 5) is 24.4. The molecule has 0 saturated carbocycles. The highest BCUT2D eigenvalue weighted by atomic mass is 16.3. The van der Waals surface area contributed by atoms with E-state index < -0.39 is 0 Å². The molecule has 0 aliphatic rings. The Balaban J connectivity index is 1.51. The molecule has 2 N–H and O–H groups in total. The minimum Gasteiger partial charge on any atom is -0.464 e. The molecule has 2 amide bonds. The number of rotatable bonds is 6. The van der Waals surface area contributed by atoms with E-state index in [-0.39, 0.29) is 24.7 Å². The molecule has 3 aromatic rings. The van der Waals surface area contributed by atoms with Gasteiger partial charge in [-0.3, -0.25) is 9.59 Å². The second-order valence-electron chi connectivity index (χ2n) is 7.29. The van der Waals surface area contributed by atoms with E-state index in [2.05, 4.69) is 10.6 Å². The second-order valence-corrected chi connectivity index (χ2v) is 7.29. The van der Waals surface area contributed by atoms with Gasteiger partial charge in [-0.25, -0.2) is 0 Å². The number of benzene rings is 2. The van der Waals surface area contributed by atoms with Crippen LogP contribution < -0.4 is 10.6 Å². The Kier molecular flexibility index (Phi) is 5.83. The van der Waals surface area contributed by atoms with Crippen molar-refractivity contribution in [3.63, 3.8) is 0 Å². The summed E-state index contributed by atoms with van der Waals surface area (Å²) in [5.41, 5.74) is 6.91. The minimum atomic E-state index is -0.125. The topological polar surface area (TPSA) is 71.3 Å².